The van der Waals surface area contributed by atoms with E-state index in [9.17, 15) is 14.4 Å². The fourth-order valence-electron chi connectivity index (χ4n) is 2.95. The number of nitrogens with zero attached hydrogens (tertiary/aromatic N) is 2. The van der Waals surface area contributed by atoms with Crippen molar-refractivity contribution in [2.75, 3.05) is 25.6 Å². The van der Waals surface area contributed by atoms with Crippen molar-refractivity contribution in [2.45, 2.75) is 13.5 Å². The molecule has 0 spiro atoms. The van der Waals surface area contributed by atoms with Gasteiger partial charge in [0, 0.05) is 13.7 Å². The molecule has 0 bridgehead atoms. The molecular formula is C21H22N4O4. The highest BCUT2D eigenvalue weighted by atomic mass is 16.5. The molecule has 1 heterocycles. The van der Waals surface area contributed by atoms with E-state index in [4.69, 9.17) is 4.74 Å². The molecule has 0 fully saturated rings. The zero-order chi connectivity index (χ0) is 20.8. The lowest BCUT2D eigenvalue weighted by Crippen LogP contribution is -2.30. The minimum absolute atomic E-state index is 0.213. The van der Waals surface area contributed by atoms with Gasteiger partial charge >= 0.3 is 0 Å². The lowest BCUT2D eigenvalue weighted by Gasteiger charge is -2.12. The van der Waals surface area contributed by atoms with Gasteiger partial charge in [-0.1, -0.05) is 24.3 Å². The van der Waals surface area contributed by atoms with E-state index in [2.05, 4.69) is 15.6 Å². The minimum atomic E-state index is -0.432. The molecule has 0 aliphatic rings. The fourth-order valence-corrected chi connectivity index (χ4v) is 2.95. The molecule has 1 aromatic heterocycles. The summed E-state index contributed by atoms with van der Waals surface area (Å²) < 4.78 is 6.16. The van der Waals surface area contributed by atoms with Gasteiger partial charge in [0.1, 0.15) is 6.54 Å². The van der Waals surface area contributed by atoms with E-state index in [1.807, 2.05) is 13.0 Å². The molecule has 2 N–H and O–H groups in total. The Morgan fingerprint density at radius 2 is 1.93 bits per heavy atom. The Balaban J connectivity index is 1.77. The second-order valence-corrected chi connectivity index (χ2v) is 6.49. The van der Waals surface area contributed by atoms with Crippen molar-refractivity contribution in [1.82, 2.24) is 14.9 Å². The lowest BCUT2D eigenvalue weighted by molar-refractivity contribution is -0.116. The molecule has 0 unspecified atom stereocenters. The molecule has 3 aromatic rings. The smallest absolute Gasteiger partial charge is 0.261 e. The molecule has 8 nitrogen and oxygen atoms in total. The van der Waals surface area contributed by atoms with Crippen molar-refractivity contribution in [1.29, 1.82) is 0 Å². The van der Waals surface area contributed by atoms with E-state index in [1.54, 1.807) is 43.5 Å². The lowest BCUT2D eigenvalue weighted by atomic mass is 10.1. The van der Waals surface area contributed by atoms with Gasteiger partial charge in [-0.3, -0.25) is 19.0 Å². The summed E-state index contributed by atoms with van der Waals surface area (Å²) >= 11 is 0. The Kier molecular flexibility index (Phi) is 6.36. The Hall–Kier alpha value is -3.52. The van der Waals surface area contributed by atoms with Gasteiger partial charge in [0.2, 0.25) is 5.91 Å². The van der Waals surface area contributed by atoms with Crippen LogP contribution in [-0.2, 0) is 16.1 Å². The van der Waals surface area contributed by atoms with Crippen LogP contribution < -0.4 is 16.2 Å². The molecule has 0 radical (unpaired) electrons. The van der Waals surface area contributed by atoms with E-state index in [0.29, 0.717) is 35.3 Å². The summed E-state index contributed by atoms with van der Waals surface area (Å²) in [5, 5.41) is 5.87. The normalized spacial score (nSPS) is 10.7. The van der Waals surface area contributed by atoms with Crippen LogP contribution >= 0.6 is 0 Å². The first-order valence-electron chi connectivity index (χ1n) is 9.12. The molecule has 0 saturated carbocycles. The molecule has 29 heavy (non-hydrogen) atoms. The van der Waals surface area contributed by atoms with Crippen LogP contribution in [0.25, 0.3) is 10.9 Å². The Labute approximate surface area is 167 Å². The third-order valence-corrected chi connectivity index (χ3v) is 4.41. The number of carbonyl (C=O) groups excluding carboxylic acids is 2. The standard InChI is InChI=1S/C21H22N4O4/c1-14-6-5-8-16-19(14)23-13-25(21(16)28)12-18(26)24-17-9-4-3-7-15(17)20(27)22-10-11-29-2/h3-9,13H,10-12H2,1-2H3,(H,22,27)(H,24,26). The van der Waals surface area contributed by atoms with Gasteiger partial charge in [-0.05, 0) is 30.7 Å². The SMILES string of the molecule is COCCNC(=O)c1ccccc1NC(=O)Cn1cnc2c(C)cccc2c1=O. The van der Waals surface area contributed by atoms with Gasteiger partial charge in [0.05, 0.1) is 35.1 Å². The van der Waals surface area contributed by atoms with Crippen molar-refractivity contribution < 1.29 is 14.3 Å². The van der Waals surface area contributed by atoms with Crippen molar-refractivity contribution in [2.24, 2.45) is 0 Å². The number of benzene rings is 2. The summed E-state index contributed by atoms with van der Waals surface area (Å²) in [5.74, 6) is -0.754. The average molecular weight is 394 g/mol. The number of methoxy groups -OCH3 is 1. The number of nitrogens with one attached hydrogen (secondary N) is 2. The van der Waals surface area contributed by atoms with Crippen LogP contribution in [0.4, 0.5) is 5.69 Å². The van der Waals surface area contributed by atoms with Crippen LogP contribution in [0.2, 0.25) is 0 Å². The Morgan fingerprint density at radius 3 is 2.72 bits per heavy atom. The van der Waals surface area contributed by atoms with Crippen LogP contribution in [0.3, 0.4) is 0 Å². The number of anilines is 1. The number of aromatic nitrogens is 2. The van der Waals surface area contributed by atoms with Crippen molar-refractivity contribution in [3.05, 3.63) is 70.3 Å². The number of para-hydroxylation sites is 2. The van der Waals surface area contributed by atoms with Gasteiger partial charge in [0.25, 0.3) is 11.5 Å². The number of amides is 2. The fraction of sp³-hybridized carbons (Fsp3) is 0.238. The van der Waals surface area contributed by atoms with Gasteiger partial charge in [-0.25, -0.2) is 4.98 Å². The second kappa shape index (κ2) is 9.11. The third kappa shape index (κ3) is 4.67. The molecule has 3 rings (SSSR count). The number of ether oxygens (including phenoxy) is 1. The topological polar surface area (TPSA) is 102 Å². The molecule has 150 valence electrons. The van der Waals surface area contributed by atoms with Crippen LogP contribution in [0.1, 0.15) is 15.9 Å². The maximum atomic E-state index is 12.7. The van der Waals surface area contributed by atoms with Gasteiger partial charge < -0.3 is 15.4 Å². The zero-order valence-electron chi connectivity index (χ0n) is 16.3. The summed E-state index contributed by atoms with van der Waals surface area (Å²) in [5.41, 5.74) is 1.91. The van der Waals surface area contributed by atoms with Crippen LogP contribution in [-0.4, -0.2) is 41.6 Å². The third-order valence-electron chi connectivity index (χ3n) is 4.41. The first-order valence-corrected chi connectivity index (χ1v) is 9.12. The molecule has 0 aliphatic heterocycles. The summed E-state index contributed by atoms with van der Waals surface area (Å²) in [6, 6.07) is 12.0. The highest BCUT2D eigenvalue weighted by molar-refractivity contribution is 6.03. The first kappa shape index (κ1) is 20.2. The minimum Gasteiger partial charge on any atom is -0.383 e. The van der Waals surface area contributed by atoms with Crippen LogP contribution in [0.15, 0.2) is 53.6 Å². The highest BCUT2D eigenvalue weighted by Crippen LogP contribution is 2.15. The summed E-state index contributed by atoms with van der Waals surface area (Å²) in [4.78, 5) is 41.8. The van der Waals surface area contributed by atoms with Gasteiger partial charge in [-0.2, -0.15) is 0 Å². The van der Waals surface area contributed by atoms with Crippen LogP contribution in [0, 0.1) is 6.92 Å². The number of carbonyl (C=O) groups is 2. The predicted molar refractivity (Wildman–Crippen MR) is 110 cm³/mol. The molecule has 8 heteroatoms. The highest BCUT2D eigenvalue weighted by Gasteiger charge is 2.14. The van der Waals surface area contributed by atoms with E-state index in [-0.39, 0.29) is 18.0 Å². The van der Waals surface area contributed by atoms with E-state index in [1.165, 1.54) is 10.9 Å². The van der Waals surface area contributed by atoms with E-state index >= 15 is 0 Å². The van der Waals surface area contributed by atoms with Gasteiger partial charge in [-0.15, -0.1) is 0 Å². The number of hydrogen-bond acceptors (Lipinski definition) is 5. The van der Waals surface area contributed by atoms with E-state index < -0.39 is 5.91 Å². The van der Waals surface area contributed by atoms with Crippen molar-refractivity contribution in [3.8, 4) is 0 Å². The monoisotopic (exact) mass is 394 g/mol. The van der Waals surface area contributed by atoms with E-state index in [0.717, 1.165) is 5.56 Å². The number of aryl methyl sites for hydroxylation is 1. The molecule has 0 atom stereocenters. The van der Waals surface area contributed by atoms with Gasteiger partial charge in [0.15, 0.2) is 0 Å². The number of rotatable bonds is 7. The van der Waals surface area contributed by atoms with Crippen LogP contribution in [0.5, 0.6) is 0 Å². The summed E-state index contributed by atoms with van der Waals surface area (Å²) in [7, 11) is 1.55. The average Bonchev–Trinajstić information content (AvgIpc) is 2.71. The maximum Gasteiger partial charge on any atom is 0.261 e. The largest absolute Gasteiger partial charge is 0.383 e. The quantitative estimate of drug-likeness (QED) is 0.594. The Morgan fingerprint density at radius 1 is 1.14 bits per heavy atom. The summed E-state index contributed by atoms with van der Waals surface area (Å²) in [6.45, 7) is 2.41. The predicted octanol–water partition coefficient (Wildman–Crippen LogP) is 1.72. The first-order chi connectivity index (χ1) is 14.0. The second-order valence-electron chi connectivity index (χ2n) is 6.49. The molecule has 2 aromatic carbocycles. The molecular weight excluding hydrogens is 372 g/mol. The maximum absolute atomic E-state index is 12.7. The molecule has 0 saturated heterocycles. The van der Waals surface area contributed by atoms with Crippen molar-refractivity contribution >= 4 is 28.4 Å². The zero-order valence-corrected chi connectivity index (χ0v) is 16.3. The molecule has 2 amide bonds. The summed E-state index contributed by atoms with van der Waals surface area (Å²) in [6.07, 6.45) is 1.36. The number of hydrogen-bond donors (Lipinski definition) is 2. The Bertz CT molecular complexity index is 1110. The molecule has 0 aliphatic carbocycles. The van der Waals surface area contributed by atoms with Crippen molar-refractivity contribution in [3.63, 3.8) is 0 Å². The number of fused-ring (bicyclic) bond motifs is 1.